The van der Waals surface area contributed by atoms with Crippen LogP contribution in [0.5, 0.6) is 0 Å². The molecule has 0 aliphatic rings. The van der Waals surface area contributed by atoms with Gasteiger partial charge in [-0.2, -0.15) is 0 Å². The summed E-state index contributed by atoms with van der Waals surface area (Å²) in [6.07, 6.45) is 1.59. The summed E-state index contributed by atoms with van der Waals surface area (Å²) in [5, 5.41) is 8.38. The molecule has 8 nitrogen and oxygen atoms in total. The second-order valence-corrected chi connectivity index (χ2v) is 8.70. The Bertz CT molecular complexity index is 1120. The molecule has 2 aromatic carbocycles. The van der Waals surface area contributed by atoms with Gasteiger partial charge >= 0.3 is 0 Å². The smallest absolute Gasteiger partial charge is 0.253 e. The number of amides is 3. The van der Waals surface area contributed by atoms with Crippen LogP contribution >= 0.6 is 0 Å². The van der Waals surface area contributed by atoms with Gasteiger partial charge in [0, 0.05) is 25.7 Å². The van der Waals surface area contributed by atoms with E-state index in [2.05, 4.69) is 16.0 Å². The molecule has 3 N–H and O–H groups in total. The number of para-hydroxylation sites is 1. The van der Waals surface area contributed by atoms with Gasteiger partial charge in [-0.05, 0) is 47.9 Å². The average molecular weight is 477 g/mol. The summed E-state index contributed by atoms with van der Waals surface area (Å²) in [6.45, 7) is 5.57. The van der Waals surface area contributed by atoms with Crippen molar-refractivity contribution in [2.45, 2.75) is 26.9 Å². The zero-order chi connectivity index (χ0) is 25.2. The number of furan rings is 1. The molecule has 3 amide bonds. The molecule has 0 radical (unpaired) electrons. The maximum absolute atomic E-state index is 13.0. The van der Waals surface area contributed by atoms with Crippen molar-refractivity contribution in [2.75, 3.05) is 25.5 Å². The van der Waals surface area contributed by atoms with Gasteiger partial charge in [0.05, 0.1) is 30.6 Å². The Kier molecular flexibility index (Phi) is 9.20. The Hall–Kier alpha value is -3.91. The Morgan fingerprint density at radius 2 is 1.66 bits per heavy atom. The van der Waals surface area contributed by atoms with Crippen molar-refractivity contribution in [3.8, 4) is 0 Å². The zero-order valence-corrected chi connectivity index (χ0v) is 20.3. The summed E-state index contributed by atoms with van der Waals surface area (Å²) in [6, 6.07) is 17.9. The summed E-state index contributed by atoms with van der Waals surface area (Å²) in [5.41, 5.74) is 2.40. The molecule has 0 atom stereocenters. The monoisotopic (exact) mass is 476 g/mol. The van der Waals surface area contributed by atoms with Gasteiger partial charge in [0.2, 0.25) is 5.91 Å². The van der Waals surface area contributed by atoms with Gasteiger partial charge in [-0.3, -0.25) is 19.3 Å². The fourth-order valence-electron chi connectivity index (χ4n) is 3.53. The van der Waals surface area contributed by atoms with Crippen molar-refractivity contribution in [3.63, 3.8) is 0 Å². The third-order valence-corrected chi connectivity index (χ3v) is 5.29. The summed E-state index contributed by atoms with van der Waals surface area (Å²) in [5.74, 6) is 0.426. The number of carbonyl (C=O) groups is 3. The van der Waals surface area contributed by atoms with Crippen molar-refractivity contribution in [3.05, 3.63) is 89.4 Å². The number of benzene rings is 2. The normalized spacial score (nSPS) is 10.9. The van der Waals surface area contributed by atoms with Gasteiger partial charge in [0.1, 0.15) is 5.76 Å². The summed E-state index contributed by atoms with van der Waals surface area (Å²) >= 11 is 0. The van der Waals surface area contributed by atoms with Crippen LogP contribution in [0.2, 0.25) is 0 Å². The number of nitrogens with zero attached hydrogens (tertiary/aromatic N) is 1. The molecule has 3 aromatic rings. The van der Waals surface area contributed by atoms with Gasteiger partial charge < -0.3 is 20.4 Å². The molecule has 1 heterocycles. The van der Waals surface area contributed by atoms with E-state index in [1.807, 2.05) is 36.9 Å². The van der Waals surface area contributed by atoms with Crippen molar-refractivity contribution < 1.29 is 18.8 Å². The summed E-state index contributed by atoms with van der Waals surface area (Å²) in [7, 11) is 1.59. The molecule has 3 rings (SSSR count). The predicted octanol–water partition coefficient (Wildman–Crippen LogP) is 3.67. The van der Waals surface area contributed by atoms with E-state index in [1.165, 1.54) is 0 Å². The van der Waals surface area contributed by atoms with E-state index in [4.69, 9.17) is 4.42 Å². The molecule has 0 fully saturated rings. The molecule has 0 bridgehead atoms. The Balaban J connectivity index is 1.70. The van der Waals surface area contributed by atoms with Crippen LogP contribution in [0.25, 0.3) is 0 Å². The standard InChI is InChI=1S/C27H32N4O4/c1-19(2)15-29-27(34)23-8-4-5-9-24(23)30-25(32)18-31(17-22-7-6-14-35-22)16-20-10-12-21(13-11-20)26(33)28-3/h4-14,19H,15-18H2,1-3H3,(H,28,33)(H,29,34)(H,30,32). The van der Waals surface area contributed by atoms with Gasteiger partial charge in [-0.1, -0.05) is 38.1 Å². The minimum absolute atomic E-state index is 0.0832. The highest BCUT2D eigenvalue weighted by Gasteiger charge is 2.17. The number of hydrogen-bond acceptors (Lipinski definition) is 5. The molecular formula is C27H32N4O4. The highest BCUT2D eigenvalue weighted by Crippen LogP contribution is 2.17. The van der Waals surface area contributed by atoms with Crippen molar-refractivity contribution in [1.29, 1.82) is 0 Å². The van der Waals surface area contributed by atoms with Crippen molar-refractivity contribution in [1.82, 2.24) is 15.5 Å². The number of anilines is 1. The van der Waals surface area contributed by atoms with Gasteiger partial charge in [0.25, 0.3) is 11.8 Å². The number of carbonyl (C=O) groups excluding carboxylic acids is 3. The van der Waals surface area contributed by atoms with E-state index in [-0.39, 0.29) is 24.3 Å². The number of hydrogen-bond donors (Lipinski definition) is 3. The average Bonchev–Trinajstić information content (AvgIpc) is 3.35. The fourth-order valence-corrected chi connectivity index (χ4v) is 3.53. The number of rotatable bonds is 11. The van der Waals surface area contributed by atoms with Crippen LogP contribution in [-0.4, -0.2) is 42.8 Å². The minimum Gasteiger partial charge on any atom is -0.468 e. The van der Waals surface area contributed by atoms with Gasteiger partial charge in [-0.25, -0.2) is 0 Å². The van der Waals surface area contributed by atoms with Crippen LogP contribution in [0.15, 0.2) is 71.3 Å². The number of nitrogens with one attached hydrogen (secondary N) is 3. The maximum atomic E-state index is 13.0. The molecule has 35 heavy (non-hydrogen) atoms. The third-order valence-electron chi connectivity index (χ3n) is 5.29. The van der Waals surface area contributed by atoms with Crippen LogP contribution in [0.4, 0.5) is 5.69 Å². The van der Waals surface area contributed by atoms with Crippen molar-refractivity contribution >= 4 is 23.4 Å². The topological polar surface area (TPSA) is 104 Å². The highest BCUT2D eigenvalue weighted by atomic mass is 16.3. The first-order chi connectivity index (χ1) is 16.9. The molecule has 0 aliphatic heterocycles. The lowest BCUT2D eigenvalue weighted by molar-refractivity contribution is -0.117. The molecule has 0 unspecified atom stereocenters. The molecule has 0 saturated heterocycles. The quantitative estimate of drug-likeness (QED) is 0.392. The molecule has 0 spiro atoms. The van der Waals surface area contributed by atoms with Crippen LogP contribution in [-0.2, 0) is 17.9 Å². The predicted molar refractivity (Wildman–Crippen MR) is 135 cm³/mol. The maximum Gasteiger partial charge on any atom is 0.253 e. The SMILES string of the molecule is CNC(=O)c1ccc(CN(CC(=O)Nc2ccccc2C(=O)NCC(C)C)Cc2ccco2)cc1. The van der Waals surface area contributed by atoms with E-state index in [0.717, 1.165) is 11.3 Å². The molecule has 8 heteroatoms. The van der Waals surface area contributed by atoms with Gasteiger partial charge in [-0.15, -0.1) is 0 Å². The van der Waals surface area contributed by atoms with Crippen LogP contribution < -0.4 is 16.0 Å². The lowest BCUT2D eigenvalue weighted by Gasteiger charge is -2.21. The summed E-state index contributed by atoms with van der Waals surface area (Å²) in [4.78, 5) is 39.4. The van der Waals surface area contributed by atoms with E-state index >= 15 is 0 Å². The van der Waals surface area contributed by atoms with E-state index < -0.39 is 0 Å². The van der Waals surface area contributed by atoms with E-state index in [1.54, 1.807) is 55.8 Å². The Morgan fingerprint density at radius 3 is 2.31 bits per heavy atom. The molecule has 184 valence electrons. The zero-order valence-electron chi connectivity index (χ0n) is 20.3. The second-order valence-electron chi connectivity index (χ2n) is 8.70. The summed E-state index contributed by atoms with van der Waals surface area (Å²) < 4.78 is 5.48. The first-order valence-corrected chi connectivity index (χ1v) is 11.6. The Labute approximate surface area is 205 Å². The van der Waals surface area contributed by atoms with Crippen LogP contribution in [0.3, 0.4) is 0 Å². The van der Waals surface area contributed by atoms with Crippen molar-refractivity contribution in [2.24, 2.45) is 5.92 Å². The lowest BCUT2D eigenvalue weighted by atomic mass is 10.1. The van der Waals surface area contributed by atoms with E-state index in [9.17, 15) is 14.4 Å². The molecule has 1 aromatic heterocycles. The highest BCUT2D eigenvalue weighted by molar-refractivity contribution is 6.04. The molecule has 0 saturated carbocycles. The van der Waals surface area contributed by atoms with Crippen LogP contribution in [0, 0.1) is 5.92 Å². The third kappa shape index (κ3) is 7.82. The fraction of sp³-hybridized carbons (Fsp3) is 0.296. The minimum atomic E-state index is -0.248. The largest absolute Gasteiger partial charge is 0.468 e. The van der Waals surface area contributed by atoms with Crippen LogP contribution in [0.1, 0.15) is 45.9 Å². The first-order valence-electron chi connectivity index (χ1n) is 11.6. The second kappa shape index (κ2) is 12.5. The first kappa shape index (κ1) is 25.7. The lowest BCUT2D eigenvalue weighted by Crippen LogP contribution is -2.33. The van der Waals surface area contributed by atoms with Gasteiger partial charge in [0.15, 0.2) is 0 Å². The molecular weight excluding hydrogens is 444 g/mol. The van der Waals surface area contributed by atoms with E-state index in [0.29, 0.717) is 42.4 Å². The molecule has 0 aliphatic carbocycles. The Morgan fingerprint density at radius 1 is 0.914 bits per heavy atom.